The summed E-state index contributed by atoms with van der Waals surface area (Å²) in [6.45, 7) is 0.0598. The third-order valence-electron chi connectivity index (χ3n) is 5.61. The number of para-hydroxylation sites is 1. The van der Waals surface area contributed by atoms with E-state index in [0.29, 0.717) is 11.3 Å². The van der Waals surface area contributed by atoms with Crippen molar-refractivity contribution in [2.24, 2.45) is 5.73 Å². The molecule has 1 atom stereocenters. The molecule has 0 bridgehead atoms. The van der Waals surface area contributed by atoms with Crippen molar-refractivity contribution in [3.8, 4) is 0 Å². The first kappa shape index (κ1) is 18.9. The van der Waals surface area contributed by atoms with Gasteiger partial charge < -0.3 is 25.3 Å². The molecule has 0 aliphatic carbocycles. The summed E-state index contributed by atoms with van der Waals surface area (Å²) in [7, 11) is 0. The molecular weight excluding hydrogens is 400 g/mol. The van der Waals surface area contributed by atoms with Gasteiger partial charge in [0.2, 0.25) is 11.8 Å². The molecule has 0 fully saturated rings. The molecule has 3 aliphatic rings. The first-order chi connectivity index (χ1) is 15.0. The predicted octanol–water partition coefficient (Wildman–Crippen LogP) is 2.02. The zero-order chi connectivity index (χ0) is 21.6. The van der Waals surface area contributed by atoms with Gasteiger partial charge in [0, 0.05) is 17.7 Å². The molecule has 0 saturated heterocycles. The Labute approximate surface area is 177 Å². The Hall–Kier alpha value is -4.07. The van der Waals surface area contributed by atoms with E-state index in [1.54, 1.807) is 36.4 Å². The molecule has 156 valence electrons. The van der Waals surface area contributed by atoms with E-state index in [1.807, 2.05) is 18.2 Å². The fourth-order valence-corrected chi connectivity index (χ4v) is 4.31. The lowest BCUT2D eigenvalue weighted by Crippen LogP contribution is -2.49. The predicted molar refractivity (Wildman–Crippen MR) is 108 cm³/mol. The van der Waals surface area contributed by atoms with Crippen molar-refractivity contribution in [2.75, 3.05) is 11.9 Å². The third kappa shape index (κ3) is 2.72. The minimum Gasteiger partial charge on any atom is -0.462 e. The number of esters is 2. The van der Waals surface area contributed by atoms with E-state index >= 15 is 0 Å². The Kier molecular flexibility index (Phi) is 4.28. The number of hydrogen-bond donors (Lipinski definition) is 2. The highest BCUT2D eigenvalue weighted by Gasteiger charge is 2.62. The molecule has 2 aromatic carbocycles. The maximum Gasteiger partial charge on any atom is 0.341 e. The number of nitrogens with one attached hydrogen (secondary N) is 1. The molecule has 5 rings (SSSR count). The van der Waals surface area contributed by atoms with E-state index in [4.69, 9.17) is 19.9 Å². The Morgan fingerprint density at radius 3 is 2.65 bits per heavy atom. The summed E-state index contributed by atoms with van der Waals surface area (Å²) < 4.78 is 16.4. The summed E-state index contributed by atoms with van der Waals surface area (Å²) in [5.41, 5.74) is 5.74. The van der Waals surface area contributed by atoms with Crippen LogP contribution in [0.5, 0.6) is 0 Å². The summed E-state index contributed by atoms with van der Waals surface area (Å²) in [5, 5.41) is 2.76. The van der Waals surface area contributed by atoms with Gasteiger partial charge in [0.25, 0.3) is 0 Å². The van der Waals surface area contributed by atoms with Crippen LogP contribution in [-0.2, 0) is 40.6 Å². The molecule has 1 unspecified atom stereocenters. The van der Waals surface area contributed by atoms with Crippen molar-refractivity contribution in [1.82, 2.24) is 0 Å². The zero-order valence-corrected chi connectivity index (χ0v) is 16.3. The van der Waals surface area contributed by atoms with E-state index in [1.165, 1.54) is 0 Å². The molecule has 0 saturated carbocycles. The number of ether oxygens (including phenoxy) is 3. The van der Waals surface area contributed by atoms with Crippen molar-refractivity contribution >= 4 is 23.5 Å². The van der Waals surface area contributed by atoms with Crippen LogP contribution in [0.3, 0.4) is 0 Å². The molecule has 1 amide bonds. The molecule has 0 aromatic heterocycles. The Balaban J connectivity index is 1.66. The first-order valence-electron chi connectivity index (χ1n) is 9.74. The second-order valence-electron chi connectivity index (χ2n) is 7.34. The molecule has 3 aliphatic heterocycles. The smallest absolute Gasteiger partial charge is 0.341 e. The number of rotatable bonds is 3. The number of fused-ring (bicyclic) bond motifs is 3. The van der Waals surface area contributed by atoms with Crippen molar-refractivity contribution in [3.05, 3.63) is 88.5 Å². The molecule has 0 radical (unpaired) electrons. The van der Waals surface area contributed by atoms with Crippen molar-refractivity contribution in [3.63, 3.8) is 0 Å². The van der Waals surface area contributed by atoms with Crippen LogP contribution < -0.4 is 11.1 Å². The molecule has 31 heavy (non-hydrogen) atoms. The van der Waals surface area contributed by atoms with E-state index in [-0.39, 0.29) is 42.4 Å². The molecule has 1 spiro atoms. The number of carbonyl (C=O) groups is 3. The lowest BCUT2D eigenvalue weighted by Gasteiger charge is -2.37. The molecule has 8 nitrogen and oxygen atoms in total. The van der Waals surface area contributed by atoms with Gasteiger partial charge in [-0.15, -0.1) is 0 Å². The normalized spacial score (nSPS) is 21.8. The SMILES string of the molecule is NC1=C(C(=O)OCc2ccccc2)C2(C(=O)Nc3ccccc32)C2=C(CCOC2=O)O1. The summed E-state index contributed by atoms with van der Waals surface area (Å²) >= 11 is 0. The molecule has 3 N–H and O–H groups in total. The minimum atomic E-state index is -1.81. The Bertz CT molecular complexity index is 1180. The maximum absolute atomic E-state index is 13.4. The monoisotopic (exact) mass is 418 g/mol. The molecule has 3 heterocycles. The highest BCUT2D eigenvalue weighted by atomic mass is 16.6. The van der Waals surface area contributed by atoms with Gasteiger partial charge in [0.15, 0.2) is 0 Å². The van der Waals surface area contributed by atoms with Gasteiger partial charge in [-0.1, -0.05) is 48.5 Å². The molecule has 2 aromatic rings. The lowest BCUT2D eigenvalue weighted by atomic mass is 9.67. The van der Waals surface area contributed by atoms with Crippen molar-refractivity contribution in [2.45, 2.75) is 18.4 Å². The van der Waals surface area contributed by atoms with Gasteiger partial charge in [-0.05, 0) is 11.6 Å². The van der Waals surface area contributed by atoms with E-state index in [9.17, 15) is 14.4 Å². The van der Waals surface area contributed by atoms with Crippen molar-refractivity contribution < 1.29 is 28.6 Å². The number of anilines is 1. The van der Waals surface area contributed by atoms with E-state index in [0.717, 1.165) is 5.56 Å². The highest BCUT2D eigenvalue weighted by Crippen LogP contribution is 2.53. The average molecular weight is 418 g/mol. The average Bonchev–Trinajstić information content (AvgIpc) is 3.05. The summed E-state index contributed by atoms with van der Waals surface area (Å²) in [5.74, 6) is -2.20. The topological polar surface area (TPSA) is 117 Å². The zero-order valence-electron chi connectivity index (χ0n) is 16.3. The fraction of sp³-hybridized carbons (Fsp3) is 0.174. The van der Waals surface area contributed by atoms with Crippen LogP contribution in [0.15, 0.2) is 77.4 Å². The van der Waals surface area contributed by atoms with E-state index < -0.39 is 23.3 Å². The number of nitrogens with two attached hydrogens (primary N) is 1. The van der Waals surface area contributed by atoms with Gasteiger partial charge in [-0.25, -0.2) is 9.59 Å². The van der Waals surface area contributed by atoms with Crippen LogP contribution in [0.4, 0.5) is 5.69 Å². The fourth-order valence-electron chi connectivity index (χ4n) is 4.31. The van der Waals surface area contributed by atoms with E-state index in [2.05, 4.69) is 5.32 Å². The van der Waals surface area contributed by atoms with Gasteiger partial charge in [-0.3, -0.25) is 4.79 Å². The van der Waals surface area contributed by atoms with Crippen LogP contribution in [0, 0.1) is 0 Å². The van der Waals surface area contributed by atoms with Crippen LogP contribution in [0.1, 0.15) is 17.5 Å². The Morgan fingerprint density at radius 1 is 1.10 bits per heavy atom. The van der Waals surface area contributed by atoms with Gasteiger partial charge in [0.1, 0.15) is 28.9 Å². The highest BCUT2D eigenvalue weighted by molar-refractivity contribution is 6.21. The number of carbonyl (C=O) groups excluding carboxylic acids is 3. The number of benzene rings is 2. The molecule has 8 heteroatoms. The lowest BCUT2D eigenvalue weighted by molar-refractivity contribution is -0.145. The standard InChI is InChI=1S/C23H18N2O6/c24-19-18(21(27)30-12-13-6-2-1-3-7-13)23(17-16(31-19)10-11-29-20(17)26)14-8-4-5-9-15(14)25-22(23)28/h1-9H,10-12,24H2,(H,25,28). The van der Waals surface area contributed by atoms with Gasteiger partial charge >= 0.3 is 11.9 Å². The van der Waals surface area contributed by atoms with Crippen LogP contribution in [0.25, 0.3) is 0 Å². The van der Waals surface area contributed by atoms with Crippen LogP contribution in [0.2, 0.25) is 0 Å². The van der Waals surface area contributed by atoms with Crippen molar-refractivity contribution in [1.29, 1.82) is 0 Å². The number of amides is 1. The number of cyclic esters (lactones) is 1. The van der Waals surface area contributed by atoms with Gasteiger partial charge in [0.05, 0.1) is 6.61 Å². The second kappa shape index (κ2) is 7.02. The molecular formula is C23H18N2O6. The van der Waals surface area contributed by atoms with Gasteiger partial charge in [-0.2, -0.15) is 0 Å². The second-order valence-corrected chi connectivity index (χ2v) is 7.34. The third-order valence-corrected chi connectivity index (χ3v) is 5.61. The Morgan fingerprint density at radius 2 is 1.84 bits per heavy atom. The first-order valence-corrected chi connectivity index (χ1v) is 9.74. The summed E-state index contributed by atoms with van der Waals surface area (Å²) in [6, 6.07) is 15.9. The van der Waals surface area contributed by atoms with Crippen LogP contribution >= 0.6 is 0 Å². The quantitative estimate of drug-likeness (QED) is 0.733. The summed E-state index contributed by atoms with van der Waals surface area (Å²) in [4.78, 5) is 39.6. The largest absolute Gasteiger partial charge is 0.462 e. The minimum absolute atomic E-state index is 0.0356. The maximum atomic E-state index is 13.4. The van der Waals surface area contributed by atoms with Crippen LogP contribution in [-0.4, -0.2) is 24.5 Å². The number of hydrogen-bond acceptors (Lipinski definition) is 7. The summed E-state index contributed by atoms with van der Waals surface area (Å²) in [6.07, 6.45) is 0.241.